The molecule has 0 aromatic rings. The van der Waals surface area contributed by atoms with Gasteiger partial charge >= 0.3 is 5.97 Å². The standard InChI is InChI=1S/C14H24BNO4S/c1-3-14(2,21-15)10-9-11(17)16(13(10)20)8-6-4-5-7-12(18)19/h10H,3-9,15H2,1-2H3,(H,18,19). The molecule has 1 aliphatic rings. The highest BCUT2D eigenvalue weighted by molar-refractivity contribution is 8.20. The molecule has 0 aromatic carbocycles. The second kappa shape index (κ2) is 7.87. The predicted octanol–water partition coefficient (Wildman–Crippen LogP) is 1.46. The van der Waals surface area contributed by atoms with E-state index in [1.54, 1.807) is 11.6 Å². The van der Waals surface area contributed by atoms with E-state index in [4.69, 9.17) is 5.11 Å². The van der Waals surface area contributed by atoms with Crippen molar-refractivity contribution in [1.29, 1.82) is 0 Å². The quantitative estimate of drug-likeness (QED) is 0.396. The number of carboxylic acid groups (broad SMARTS) is 1. The van der Waals surface area contributed by atoms with E-state index < -0.39 is 5.97 Å². The van der Waals surface area contributed by atoms with Gasteiger partial charge in [-0.1, -0.05) is 20.3 Å². The number of amides is 2. The van der Waals surface area contributed by atoms with Crippen LogP contribution in [0.4, 0.5) is 0 Å². The van der Waals surface area contributed by atoms with E-state index >= 15 is 0 Å². The van der Waals surface area contributed by atoms with Crippen LogP contribution in [0.5, 0.6) is 0 Å². The normalized spacial score (nSPS) is 21.6. The van der Waals surface area contributed by atoms with Gasteiger partial charge in [0.1, 0.15) is 0 Å². The molecule has 1 rings (SSSR count). The second-order valence-electron chi connectivity index (χ2n) is 5.72. The Balaban J connectivity index is 2.52. The summed E-state index contributed by atoms with van der Waals surface area (Å²) >= 11 is 1.65. The Hall–Kier alpha value is -0.975. The lowest BCUT2D eigenvalue weighted by molar-refractivity contribution is -0.140. The molecule has 2 unspecified atom stereocenters. The highest BCUT2D eigenvalue weighted by Crippen LogP contribution is 2.40. The lowest BCUT2D eigenvalue weighted by Crippen LogP contribution is -2.38. The van der Waals surface area contributed by atoms with Crippen molar-refractivity contribution in [2.45, 2.75) is 57.1 Å². The van der Waals surface area contributed by atoms with E-state index in [2.05, 4.69) is 0 Å². The highest BCUT2D eigenvalue weighted by atomic mass is 32.2. The molecule has 1 saturated heterocycles. The summed E-state index contributed by atoms with van der Waals surface area (Å²) in [6, 6.07) is 0. The Kier molecular flexibility index (Phi) is 6.77. The van der Waals surface area contributed by atoms with Crippen LogP contribution in [-0.2, 0) is 14.4 Å². The Labute approximate surface area is 131 Å². The maximum absolute atomic E-state index is 12.4. The van der Waals surface area contributed by atoms with Crippen LogP contribution < -0.4 is 0 Å². The molecule has 0 bridgehead atoms. The lowest BCUT2D eigenvalue weighted by Gasteiger charge is -2.31. The minimum absolute atomic E-state index is 0.0584. The molecule has 7 heteroatoms. The number of likely N-dealkylation sites (tertiary alicyclic amines) is 1. The summed E-state index contributed by atoms with van der Waals surface area (Å²) in [5.41, 5.74) is 0. The third-order valence-electron chi connectivity index (χ3n) is 4.42. The zero-order chi connectivity index (χ0) is 16.0. The topological polar surface area (TPSA) is 74.7 Å². The molecule has 1 fully saturated rings. The number of imide groups is 1. The fraction of sp³-hybridized carbons (Fsp3) is 0.786. The van der Waals surface area contributed by atoms with Gasteiger partial charge in [0.25, 0.3) is 0 Å². The first kappa shape index (κ1) is 18.1. The number of aliphatic carboxylic acids is 1. The number of rotatable bonds is 9. The minimum atomic E-state index is -0.804. The van der Waals surface area contributed by atoms with Crippen molar-refractivity contribution in [2.24, 2.45) is 5.92 Å². The van der Waals surface area contributed by atoms with E-state index in [0.29, 0.717) is 25.8 Å². The number of unbranched alkanes of at least 4 members (excludes halogenated alkanes) is 2. The predicted molar refractivity (Wildman–Crippen MR) is 85.8 cm³/mol. The van der Waals surface area contributed by atoms with Gasteiger partial charge in [-0.2, -0.15) is 0 Å². The van der Waals surface area contributed by atoms with Gasteiger partial charge < -0.3 is 5.11 Å². The van der Waals surface area contributed by atoms with Gasteiger partial charge in [-0.05, 0) is 19.3 Å². The van der Waals surface area contributed by atoms with Crippen LogP contribution in [0, 0.1) is 5.92 Å². The van der Waals surface area contributed by atoms with Crippen molar-refractivity contribution >= 4 is 36.5 Å². The Morgan fingerprint density at radius 1 is 1.43 bits per heavy atom. The van der Waals surface area contributed by atoms with Crippen molar-refractivity contribution in [1.82, 2.24) is 4.90 Å². The van der Waals surface area contributed by atoms with Crippen molar-refractivity contribution < 1.29 is 19.5 Å². The first-order chi connectivity index (χ1) is 9.85. The molecule has 2 atom stereocenters. The summed E-state index contributed by atoms with van der Waals surface area (Å²) < 4.78 is -0.190. The molecule has 5 nitrogen and oxygen atoms in total. The molecule has 118 valence electrons. The maximum atomic E-state index is 12.4. The van der Waals surface area contributed by atoms with Gasteiger partial charge in [0.15, 0.2) is 7.12 Å². The van der Waals surface area contributed by atoms with Crippen molar-refractivity contribution in [2.75, 3.05) is 6.54 Å². The summed E-state index contributed by atoms with van der Waals surface area (Å²) in [5, 5.41) is 8.57. The molecule has 0 radical (unpaired) electrons. The summed E-state index contributed by atoms with van der Waals surface area (Å²) in [6.45, 7) is 4.51. The minimum Gasteiger partial charge on any atom is -0.481 e. The van der Waals surface area contributed by atoms with Crippen molar-refractivity contribution in [3.63, 3.8) is 0 Å². The summed E-state index contributed by atoms with van der Waals surface area (Å²) in [6.07, 6.45) is 3.29. The van der Waals surface area contributed by atoms with E-state index in [-0.39, 0.29) is 28.9 Å². The number of carbonyl (C=O) groups excluding carboxylic acids is 2. The molecule has 0 aromatic heterocycles. The number of hydrogen-bond acceptors (Lipinski definition) is 4. The Morgan fingerprint density at radius 2 is 2.10 bits per heavy atom. The summed E-state index contributed by atoms with van der Waals surface area (Å²) in [7, 11) is 1.98. The Morgan fingerprint density at radius 3 is 2.62 bits per heavy atom. The fourth-order valence-electron chi connectivity index (χ4n) is 2.65. The molecular weight excluding hydrogens is 289 g/mol. The van der Waals surface area contributed by atoms with Crippen molar-refractivity contribution in [3.05, 3.63) is 0 Å². The summed E-state index contributed by atoms with van der Waals surface area (Å²) in [5.74, 6) is -1.18. The fourth-order valence-corrected chi connectivity index (χ4v) is 3.41. The molecule has 1 N–H and O–H groups in total. The molecule has 0 spiro atoms. The van der Waals surface area contributed by atoms with Crippen LogP contribution in [-0.4, -0.2) is 46.2 Å². The largest absolute Gasteiger partial charge is 0.481 e. The van der Waals surface area contributed by atoms with Crippen LogP contribution in [0.15, 0.2) is 0 Å². The van der Waals surface area contributed by atoms with Crippen LogP contribution in [0.3, 0.4) is 0 Å². The second-order valence-corrected chi connectivity index (χ2v) is 7.06. The van der Waals surface area contributed by atoms with E-state index in [1.165, 1.54) is 4.90 Å². The van der Waals surface area contributed by atoms with Crippen LogP contribution in [0.25, 0.3) is 0 Å². The Bertz CT molecular complexity index is 412. The van der Waals surface area contributed by atoms with Crippen LogP contribution in [0.1, 0.15) is 52.4 Å². The summed E-state index contributed by atoms with van der Waals surface area (Å²) in [4.78, 5) is 36.3. The molecule has 2 amide bonds. The van der Waals surface area contributed by atoms with Gasteiger partial charge in [-0.15, -0.1) is 0 Å². The zero-order valence-corrected chi connectivity index (χ0v) is 13.9. The van der Waals surface area contributed by atoms with Crippen LogP contribution in [0.2, 0.25) is 0 Å². The van der Waals surface area contributed by atoms with E-state index in [9.17, 15) is 14.4 Å². The van der Waals surface area contributed by atoms with E-state index in [1.807, 2.05) is 21.0 Å². The average Bonchev–Trinajstić information content (AvgIpc) is 2.74. The SMILES string of the molecule is BSC(C)(CC)C1CC(=O)N(CCCCCC(=O)O)C1=O. The number of carbonyl (C=O) groups is 3. The number of carboxylic acids is 1. The van der Waals surface area contributed by atoms with Crippen molar-refractivity contribution in [3.8, 4) is 0 Å². The number of nitrogens with zero attached hydrogens (tertiary/aromatic N) is 1. The smallest absolute Gasteiger partial charge is 0.303 e. The first-order valence-corrected chi connectivity index (χ1v) is 8.69. The maximum Gasteiger partial charge on any atom is 0.303 e. The van der Waals surface area contributed by atoms with Gasteiger partial charge in [-0.25, -0.2) is 11.6 Å². The van der Waals surface area contributed by atoms with Gasteiger partial charge in [-0.3, -0.25) is 19.3 Å². The monoisotopic (exact) mass is 313 g/mol. The molecule has 0 saturated carbocycles. The molecule has 1 aliphatic heterocycles. The molecular formula is C14H24BNO4S. The van der Waals surface area contributed by atoms with E-state index in [0.717, 1.165) is 12.8 Å². The van der Waals surface area contributed by atoms with Crippen LogP contribution >= 0.6 is 11.6 Å². The third kappa shape index (κ3) is 4.50. The van der Waals surface area contributed by atoms with Gasteiger partial charge in [0.2, 0.25) is 11.8 Å². The highest BCUT2D eigenvalue weighted by Gasteiger charge is 2.47. The van der Waals surface area contributed by atoms with Gasteiger partial charge in [0, 0.05) is 24.1 Å². The van der Waals surface area contributed by atoms with Gasteiger partial charge in [0.05, 0.1) is 5.92 Å². The number of hydrogen-bond donors (Lipinski definition) is 1. The average molecular weight is 313 g/mol. The molecule has 1 heterocycles. The zero-order valence-electron chi connectivity index (χ0n) is 13.1. The first-order valence-electron chi connectivity index (χ1n) is 7.47. The lowest BCUT2D eigenvalue weighted by atomic mass is 9.89. The third-order valence-corrected chi connectivity index (χ3v) is 5.93. The molecule has 0 aliphatic carbocycles. The molecule has 21 heavy (non-hydrogen) atoms.